The zero-order chi connectivity index (χ0) is 25.4. The number of nitrogens with zero attached hydrogens (tertiary/aromatic N) is 3. The van der Waals surface area contributed by atoms with Crippen molar-refractivity contribution >= 4 is 19.7 Å². The summed E-state index contributed by atoms with van der Waals surface area (Å²) in [7, 11) is -5.15. The lowest BCUT2D eigenvalue weighted by Crippen LogP contribution is -2.60. The molecule has 1 aromatic carbocycles. The number of rotatable bonds is 12. The first kappa shape index (κ1) is 27.3. The lowest BCUT2D eigenvalue weighted by Gasteiger charge is -2.39. The van der Waals surface area contributed by atoms with E-state index in [0.717, 1.165) is 10.9 Å². The second kappa shape index (κ2) is 11.4. The Balaban J connectivity index is 2.47. The van der Waals surface area contributed by atoms with Gasteiger partial charge in [-0.25, -0.2) is 9.48 Å². The average molecular weight is 508 g/mol. The van der Waals surface area contributed by atoms with E-state index in [2.05, 4.69) is 10.3 Å². The van der Waals surface area contributed by atoms with E-state index < -0.39 is 63.0 Å². The van der Waals surface area contributed by atoms with Gasteiger partial charge in [0.05, 0.1) is 18.9 Å². The summed E-state index contributed by atoms with van der Waals surface area (Å²) in [5.74, 6) is -1.31. The molecule has 15 heteroatoms. The number of halogens is 3. The van der Waals surface area contributed by atoms with Crippen LogP contribution in [-0.2, 0) is 42.7 Å². The van der Waals surface area contributed by atoms with Crippen molar-refractivity contribution in [2.45, 2.75) is 44.9 Å². The molecule has 0 radical (unpaired) electrons. The number of carboxylic acid groups (broad SMARTS) is 1. The molecule has 0 aliphatic rings. The number of nitrogens with one attached hydrogen (secondary N) is 1. The molecule has 2 rings (SSSR count). The molecule has 0 aliphatic carbocycles. The highest BCUT2D eigenvalue weighted by Crippen LogP contribution is 2.65. The number of alkyl carbamates (subject to hydrolysis) is 1. The van der Waals surface area contributed by atoms with Crippen LogP contribution in [0.3, 0.4) is 0 Å². The van der Waals surface area contributed by atoms with Gasteiger partial charge in [-0.05, 0) is 19.4 Å². The highest BCUT2D eigenvalue weighted by molar-refractivity contribution is 7.55. The molecule has 34 heavy (non-hydrogen) atoms. The van der Waals surface area contributed by atoms with E-state index >= 15 is 0 Å². The average Bonchev–Trinajstić information content (AvgIpc) is 3.18. The van der Waals surface area contributed by atoms with Crippen LogP contribution in [0.15, 0.2) is 36.5 Å². The molecule has 0 aliphatic heterocycles. The van der Waals surface area contributed by atoms with E-state index in [4.69, 9.17) is 18.9 Å². The number of hydrogen-bond acceptors (Lipinski definition) is 8. The van der Waals surface area contributed by atoms with E-state index in [0.29, 0.717) is 5.56 Å². The molecule has 0 saturated heterocycles. The maximum Gasteiger partial charge on any atom is 0.423 e. The van der Waals surface area contributed by atoms with E-state index in [1.807, 2.05) is 0 Å². The van der Waals surface area contributed by atoms with Gasteiger partial charge in [0, 0.05) is 12.6 Å². The predicted octanol–water partition coefficient (Wildman–Crippen LogP) is 3.36. The molecule has 2 aromatic rings. The lowest BCUT2D eigenvalue weighted by molar-refractivity contribution is -0.175. The number of hydrogen-bond donors (Lipinski definition) is 2. The number of carboxylic acids is 1. The summed E-state index contributed by atoms with van der Waals surface area (Å²) in [6, 6.07) is 8.19. The van der Waals surface area contributed by atoms with Crippen molar-refractivity contribution in [3.63, 3.8) is 0 Å². The largest absolute Gasteiger partial charge is 0.480 e. The Morgan fingerprint density at radius 2 is 1.76 bits per heavy atom. The van der Waals surface area contributed by atoms with Gasteiger partial charge in [-0.3, -0.25) is 14.7 Å². The molecule has 11 nitrogen and oxygen atoms in total. The van der Waals surface area contributed by atoms with Gasteiger partial charge in [0.25, 0.3) is 0 Å². The maximum absolute atomic E-state index is 14.6. The standard InChI is InChI=1S/C19H24F3N4O7P/c1-3-32-34(30,33-4-2)18(19(20,21)22,10-15-11-26(25-24-15)12-16(27)28)23-17(29)31-13-14-8-6-5-7-9-14/h5-9,11H,3-4,10,12-13H2,1-2H3,(H,23,29)(H,27,28). The Morgan fingerprint density at radius 1 is 1.15 bits per heavy atom. The fraction of sp³-hybridized carbons (Fsp3) is 0.474. The fourth-order valence-electron chi connectivity index (χ4n) is 2.96. The number of carbonyl (C=O) groups is 2. The summed E-state index contributed by atoms with van der Waals surface area (Å²) in [5.41, 5.74) is 0.0891. The minimum Gasteiger partial charge on any atom is -0.480 e. The van der Waals surface area contributed by atoms with E-state index in [1.54, 1.807) is 35.6 Å². The molecule has 2 N–H and O–H groups in total. The Labute approximate surface area is 192 Å². The fourth-order valence-corrected chi connectivity index (χ4v) is 5.05. The smallest absolute Gasteiger partial charge is 0.423 e. The monoisotopic (exact) mass is 508 g/mol. The third-order valence-corrected chi connectivity index (χ3v) is 7.03. The van der Waals surface area contributed by atoms with Gasteiger partial charge in [0.1, 0.15) is 13.2 Å². The first-order chi connectivity index (χ1) is 16.0. The summed E-state index contributed by atoms with van der Waals surface area (Å²) >= 11 is 0. The molecule has 1 amide bonds. The van der Waals surface area contributed by atoms with Crippen LogP contribution in [0.5, 0.6) is 0 Å². The zero-order valence-corrected chi connectivity index (χ0v) is 19.2. The molecule has 0 saturated carbocycles. The highest BCUT2D eigenvalue weighted by Gasteiger charge is 2.69. The van der Waals surface area contributed by atoms with Gasteiger partial charge >= 0.3 is 25.8 Å². The molecule has 188 valence electrons. The van der Waals surface area contributed by atoms with Crippen molar-refractivity contribution in [2.75, 3.05) is 13.2 Å². The topological polar surface area (TPSA) is 142 Å². The summed E-state index contributed by atoms with van der Waals surface area (Å²) in [5, 5.41) is 13.9. The van der Waals surface area contributed by atoms with Crippen molar-refractivity contribution in [3.05, 3.63) is 47.8 Å². The number of ether oxygens (including phenoxy) is 1. The Hall–Kier alpha value is -2.96. The molecule has 0 bridgehead atoms. The van der Waals surface area contributed by atoms with Gasteiger partial charge in [-0.2, -0.15) is 13.2 Å². The van der Waals surface area contributed by atoms with Crippen LogP contribution in [0.2, 0.25) is 0 Å². The number of alkyl halides is 3. The second-order valence-corrected chi connectivity index (χ2v) is 9.13. The molecular weight excluding hydrogens is 484 g/mol. The number of carbonyl (C=O) groups excluding carboxylic acids is 1. The van der Waals surface area contributed by atoms with Crippen molar-refractivity contribution in [1.82, 2.24) is 20.3 Å². The van der Waals surface area contributed by atoms with Crippen molar-refractivity contribution < 1.29 is 46.2 Å². The van der Waals surface area contributed by atoms with Gasteiger partial charge in [-0.1, -0.05) is 35.5 Å². The quantitative estimate of drug-likeness (QED) is 0.413. The van der Waals surface area contributed by atoms with Gasteiger partial charge in [0.15, 0.2) is 0 Å². The molecule has 0 spiro atoms. The molecule has 1 atom stereocenters. The molecule has 1 unspecified atom stereocenters. The van der Waals surface area contributed by atoms with Crippen molar-refractivity contribution in [1.29, 1.82) is 0 Å². The Kier molecular flexibility index (Phi) is 9.19. The first-order valence-corrected chi connectivity index (χ1v) is 11.6. The molecule has 1 heterocycles. The van der Waals surface area contributed by atoms with Crippen LogP contribution < -0.4 is 5.32 Å². The lowest BCUT2D eigenvalue weighted by atomic mass is 10.1. The number of aromatic nitrogens is 3. The van der Waals surface area contributed by atoms with Crippen LogP contribution >= 0.6 is 7.60 Å². The van der Waals surface area contributed by atoms with Crippen molar-refractivity contribution in [2.24, 2.45) is 0 Å². The van der Waals surface area contributed by atoms with Crippen LogP contribution in [0.1, 0.15) is 25.1 Å². The SMILES string of the molecule is CCOP(=O)(OCC)C(Cc1cn(CC(=O)O)nn1)(NC(=O)OCc1ccccc1)C(F)(F)F. The maximum atomic E-state index is 14.6. The highest BCUT2D eigenvalue weighted by atomic mass is 31.2. The number of aliphatic carboxylic acids is 1. The summed E-state index contributed by atoms with van der Waals surface area (Å²) in [6.07, 6.45) is -7.21. The Bertz CT molecular complexity index is 1010. The van der Waals surface area contributed by atoms with E-state index in [9.17, 15) is 27.3 Å². The molecule has 1 aromatic heterocycles. The van der Waals surface area contributed by atoms with E-state index in [-0.39, 0.29) is 6.61 Å². The van der Waals surface area contributed by atoms with Crippen LogP contribution in [0.4, 0.5) is 18.0 Å². The molecular formula is C19H24F3N4O7P. The van der Waals surface area contributed by atoms with Crippen LogP contribution in [-0.4, -0.2) is 56.8 Å². The minimum absolute atomic E-state index is 0.358. The second-order valence-electron chi connectivity index (χ2n) is 6.86. The van der Waals surface area contributed by atoms with Gasteiger partial charge in [0.2, 0.25) is 5.28 Å². The number of amides is 1. The predicted molar refractivity (Wildman–Crippen MR) is 111 cm³/mol. The van der Waals surface area contributed by atoms with Gasteiger partial charge < -0.3 is 18.9 Å². The first-order valence-electron chi connectivity index (χ1n) is 10.0. The zero-order valence-electron chi connectivity index (χ0n) is 18.3. The molecule has 0 fully saturated rings. The summed E-state index contributed by atoms with van der Waals surface area (Å²) in [4.78, 5) is 23.4. The third-order valence-electron chi connectivity index (χ3n) is 4.38. The third kappa shape index (κ3) is 6.55. The minimum atomic E-state index is -5.38. The van der Waals surface area contributed by atoms with E-state index in [1.165, 1.54) is 13.8 Å². The normalized spacial score (nSPS) is 13.8. The summed E-state index contributed by atoms with van der Waals surface area (Å²) < 4.78 is 72.9. The Morgan fingerprint density at radius 3 is 2.29 bits per heavy atom. The number of benzene rings is 1. The van der Waals surface area contributed by atoms with Crippen molar-refractivity contribution in [3.8, 4) is 0 Å². The van der Waals surface area contributed by atoms with Gasteiger partial charge in [-0.15, -0.1) is 5.10 Å². The van der Waals surface area contributed by atoms with Crippen LogP contribution in [0.25, 0.3) is 0 Å². The summed E-state index contributed by atoms with van der Waals surface area (Å²) in [6.45, 7) is 0.729. The van der Waals surface area contributed by atoms with Crippen LogP contribution in [0, 0.1) is 0 Å².